The van der Waals surface area contributed by atoms with E-state index in [9.17, 15) is 0 Å². The van der Waals surface area contributed by atoms with Gasteiger partial charge in [-0.15, -0.1) is 0 Å². The van der Waals surface area contributed by atoms with Gasteiger partial charge in [-0.2, -0.15) is 0 Å². The summed E-state index contributed by atoms with van der Waals surface area (Å²) in [4.78, 5) is 0. The molecule has 0 saturated heterocycles. The molecule has 54 valence electrons. The first kappa shape index (κ1) is 6.23. The lowest BCUT2D eigenvalue weighted by atomic mass is 10.2. The lowest BCUT2D eigenvalue weighted by molar-refractivity contribution is 1.28. The SMILES string of the molecule is C1=CNC=c2ccccc2=C1. The van der Waals surface area contributed by atoms with Crippen molar-refractivity contribution in [3.8, 4) is 0 Å². The zero-order valence-corrected chi connectivity index (χ0v) is 6.12. The highest BCUT2D eigenvalue weighted by atomic mass is 14.8. The van der Waals surface area contributed by atoms with Crippen LogP contribution in [0.2, 0.25) is 0 Å². The molecule has 11 heavy (non-hydrogen) atoms. The molecule has 1 nitrogen and oxygen atoms in total. The maximum absolute atomic E-state index is 3.07. The summed E-state index contributed by atoms with van der Waals surface area (Å²) in [6.45, 7) is 0. The van der Waals surface area contributed by atoms with Crippen LogP contribution in [-0.2, 0) is 0 Å². The molecule has 1 aliphatic heterocycles. The standard InChI is InChI=1S/C10H9N/c1-2-5-10-8-11-7-3-6-9(10)4-1/h1-8,11H. The van der Waals surface area contributed by atoms with Gasteiger partial charge >= 0.3 is 0 Å². The van der Waals surface area contributed by atoms with Crippen LogP contribution in [0.25, 0.3) is 12.3 Å². The van der Waals surface area contributed by atoms with Gasteiger partial charge in [0.15, 0.2) is 0 Å². The molecule has 0 radical (unpaired) electrons. The van der Waals surface area contributed by atoms with E-state index in [4.69, 9.17) is 0 Å². The molecule has 1 aliphatic rings. The minimum atomic E-state index is 1.23. The average molecular weight is 143 g/mol. The third-order valence-electron chi connectivity index (χ3n) is 1.70. The molecule has 0 spiro atoms. The van der Waals surface area contributed by atoms with Crippen molar-refractivity contribution < 1.29 is 0 Å². The van der Waals surface area contributed by atoms with E-state index in [2.05, 4.69) is 23.5 Å². The first-order valence-corrected chi connectivity index (χ1v) is 3.65. The number of fused-ring (bicyclic) bond motifs is 1. The minimum absolute atomic E-state index is 1.23. The smallest absolute Gasteiger partial charge is 0.00836 e. The van der Waals surface area contributed by atoms with Gasteiger partial charge in [-0.1, -0.05) is 30.3 Å². The Morgan fingerprint density at radius 2 is 1.82 bits per heavy atom. The van der Waals surface area contributed by atoms with E-state index in [1.807, 2.05) is 30.6 Å². The fraction of sp³-hybridized carbons (Fsp3) is 0. The van der Waals surface area contributed by atoms with Gasteiger partial charge in [0.25, 0.3) is 0 Å². The number of rotatable bonds is 0. The summed E-state index contributed by atoms with van der Waals surface area (Å²) in [5.74, 6) is 0. The molecule has 0 aliphatic carbocycles. The van der Waals surface area contributed by atoms with Crippen LogP contribution in [0.15, 0.2) is 36.5 Å². The van der Waals surface area contributed by atoms with Crippen LogP contribution >= 0.6 is 0 Å². The molecule has 0 atom stereocenters. The molecule has 0 aromatic heterocycles. The topological polar surface area (TPSA) is 12.0 Å². The summed E-state index contributed by atoms with van der Waals surface area (Å²) < 4.78 is 0. The first-order chi connectivity index (χ1) is 5.47. The van der Waals surface area contributed by atoms with Crippen LogP contribution < -0.4 is 15.8 Å². The van der Waals surface area contributed by atoms with E-state index in [0.717, 1.165) is 0 Å². The van der Waals surface area contributed by atoms with Gasteiger partial charge in [-0.3, -0.25) is 0 Å². The summed E-state index contributed by atoms with van der Waals surface area (Å²) in [6.07, 6.45) is 8.00. The van der Waals surface area contributed by atoms with Gasteiger partial charge < -0.3 is 5.32 Å². The zero-order chi connectivity index (χ0) is 7.52. The first-order valence-electron chi connectivity index (χ1n) is 3.65. The van der Waals surface area contributed by atoms with Crippen LogP contribution in [0.3, 0.4) is 0 Å². The summed E-state index contributed by atoms with van der Waals surface area (Å²) in [5.41, 5.74) is 0. The van der Waals surface area contributed by atoms with Gasteiger partial charge in [0, 0.05) is 12.4 Å². The average Bonchev–Trinajstić information content (AvgIpc) is 2.28. The summed E-state index contributed by atoms with van der Waals surface area (Å²) in [7, 11) is 0. The summed E-state index contributed by atoms with van der Waals surface area (Å²) in [5, 5.41) is 5.56. The second-order valence-electron chi connectivity index (χ2n) is 2.47. The van der Waals surface area contributed by atoms with E-state index in [1.165, 1.54) is 10.4 Å². The van der Waals surface area contributed by atoms with E-state index >= 15 is 0 Å². The second kappa shape index (κ2) is 2.62. The van der Waals surface area contributed by atoms with Crippen LogP contribution in [0.5, 0.6) is 0 Å². The molecule has 2 rings (SSSR count). The Morgan fingerprint density at radius 3 is 2.73 bits per heavy atom. The normalized spacial score (nSPS) is 13.5. The van der Waals surface area contributed by atoms with Crippen molar-refractivity contribution in [3.63, 3.8) is 0 Å². The Balaban J connectivity index is 2.81. The van der Waals surface area contributed by atoms with Crippen molar-refractivity contribution in [2.24, 2.45) is 0 Å². The number of allylic oxidation sites excluding steroid dienone is 1. The van der Waals surface area contributed by atoms with Crippen LogP contribution in [0.4, 0.5) is 0 Å². The fourth-order valence-electron chi connectivity index (χ4n) is 1.14. The van der Waals surface area contributed by atoms with Crippen molar-refractivity contribution in [1.29, 1.82) is 0 Å². The third-order valence-corrected chi connectivity index (χ3v) is 1.70. The maximum Gasteiger partial charge on any atom is 0.00836 e. The van der Waals surface area contributed by atoms with Crippen LogP contribution in [0.1, 0.15) is 0 Å². The highest BCUT2D eigenvalue weighted by Gasteiger charge is 1.83. The molecule has 1 N–H and O–H groups in total. The highest BCUT2D eigenvalue weighted by Crippen LogP contribution is 1.77. The predicted octanol–water partition coefficient (Wildman–Crippen LogP) is 0.322. The Hall–Kier alpha value is -1.50. The summed E-state index contributed by atoms with van der Waals surface area (Å²) in [6, 6.07) is 8.27. The third kappa shape index (κ3) is 1.17. The fourth-order valence-corrected chi connectivity index (χ4v) is 1.14. The molecule has 1 heteroatoms. The van der Waals surface area contributed by atoms with Gasteiger partial charge in [-0.25, -0.2) is 0 Å². The quantitative estimate of drug-likeness (QED) is 0.551. The molecule has 0 amide bonds. The Kier molecular flexibility index (Phi) is 1.48. The number of hydrogen-bond acceptors (Lipinski definition) is 1. The largest absolute Gasteiger partial charge is 0.367 e. The van der Waals surface area contributed by atoms with Gasteiger partial charge in [0.2, 0.25) is 0 Å². The summed E-state index contributed by atoms with van der Waals surface area (Å²) >= 11 is 0. The maximum atomic E-state index is 3.07. The molecule has 1 aromatic rings. The van der Waals surface area contributed by atoms with Crippen molar-refractivity contribution in [1.82, 2.24) is 5.32 Å². The molecule has 0 fully saturated rings. The van der Waals surface area contributed by atoms with E-state index < -0.39 is 0 Å². The van der Waals surface area contributed by atoms with Crippen LogP contribution in [0, 0.1) is 0 Å². The monoisotopic (exact) mass is 143 g/mol. The Labute approximate surface area is 65.4 Å². The van der Waals surface area contributed by atoms with Gasteiger partial charge in [-0.05, 0) is 16.5 Å². The minimum Gasteiger partial charge on any atom is -0.367 e. The van der Waals surface area contributed by atoms with Crippen molar-refractivity contribution >= 4 is 12.3 Å². The molecular formula is C10H9N. The molecule has 1 aromatic carbocycles. The number of nitrogens with one attached hydrogen (secondary N) is 1. The van der Waals surface area contributed by atoms with E-state index in [0.29, 0.717) is 0 Å². The van der Waals surface area contributed by atoms with Crippen molar-refractivity contribution in [2.45, 2.75) is 0 Å². The second-order valence-corrected chi connectivity index (χ2v) is 2.47. The number of hydrogen-bond donors (Lipinski definition) is 1. The Bertz CT molecular complexity index is 388. The zero-order valence-electron chi connectivity index (χ0n) is 6.12. The molecule has 0 bridgehead atoms. The lowest BCUT2D eigenvalue weighted by Gasteiger charge is -1.86. The Morgan fingerprint density at radius 1 is 1.00 bits per heavy atom. The predicted molar refractivity (Wildman–Crippen MR) is 46.9 cm³/mol. The number of benzene rings is 1. The van der Waals surface area contributed by atoms with Crippen molar-refractivity contribution in [3.05, 3.63) is 47.0 Å². The molecule has 0 unspecified atom stereocenters. The van der Waals surface area contributed by atoms with Crippen molar-refractivity contribution in [2.75, 3.05) is 0 Å². The van der Waals surface area contributed by atoms with E-state index in [1.54, 1.807) is 0 Å². The van der Waals surface area contributed by atoms with Crippen LogP contribution in [-0.4, -0.2) is 0 Å². The van der Waals surface area contributed by atoms with E-state index in [-0.39, 0.29) is 0 Å². The molecular weight excluding hydrogens is 134 g/mol. The highest BCUT2D eigenvalue weighted by molar-refractivity contribution is 5.42. The molecule has 0 saturated carbocycles. The lowest BCUT2D eigenvalue weighted by Crippen LogP contribution is -2.24. The van der Waals surface area contributed by atoms with Gasteiger partial charge in [0.05, 0.1) is 0 Å². The van der Waals surface area contributed by atoms with Gasteiger partial charge in [0.1, 0.15) is 0 Å². The molecule has 1 heterocycles.